The minimum absolute atomic E-state index is 0.0500. The molecule has 3 amide bonds. The number of hydrogen-bond acceptors (Lipinski definition) is 6. The molecule has 3 N–H and O–H groups in total. The van der Waals surface area contributed by atoms with Crippen LogP contribution < -0.4 is 15.4 Å². The summed E-state index contributed by atoms with van der Waals surface area (Å²) in [6, 6.07) is 18.5. The summed E-state index contributed by atoms with van der Waals surface area (Å²) in [5, 5.41) is 15.8. The van der Waals surface area contributed by atoms with Crippen molar-refractivity contribution < 1.29 is 27.9 Å². The minimum Gasteiger partial charge on any atom is -0.486 e. The fourth-order valence-corrected chi connectivity index (χ4v) is 5.81. The molecule has 41 heavy (non-hydrogen) atoms. The van der Waals surface area contributed by atoms with Gasteiger partial charge in [0.15, 0.2) is 5.75 Å². The number of carbonyl (C=O) groups is 2. The number of halogens is 1. The number of hydrogen-bond donors (Lipinski definition) is 3. The number of urea groups is 1. The second kappa shape index (κ2) is 12.9. The highest BCUT2D eigenvalue weighted by atomic mass is 35.5. The Morgan fingerprint density at radius 1 is 1.10 bits per heavy atom. The van der Waals surface area contributed by atoms with Gasteiger partial charge >= 0.3 is 6.03 Å². The van der Waals surface area contributed by atoms with E-state index in [0.717, 1.165) is 0 Å². The van der Waals surface area contributed by atoms with Crippen molar-refractivity contribution in [3.63, 3.8) is 0 Å². The number of amides is 3. The van der Waals surface area contributed by atoms with Crippen LogP contribution >= 0.6 is 11.6 Å². The number of benzene rings is 3. The van der Waals surface area contributed by atoms with Crippen molar-refractivity contribution in [2.75, 3.05) is 37.4 Å². The molecular formula is C29H33ClN4O6S. The van der Waals surface area contributed by atoms with Crippen LogP contribution in [0.3, 0.4) is 0 Å². The molecule has 12 heteroatoms. The first-order valence-corrected chi connectivity index (χ1v) is 14.9. The summed E-state index contributed by atoms with van der Waals surface area (Å²) in [5.74, 6) is -0.610. The maximum Gasteiger partial charge on any atom is 0.323 e. The third-order valence-corrected chi connectivity index (χ3v) is 9.02. The van der Waals surface area contributed by atoms with Crippen molar-refractivity contribution in [1.82, 2.24) is 9.21 Å². The second-order valence-corrected chi connectivity index (χ2v) is 12.5. The van der Waals surface area contributed by atoms with E-state index in [2.05, 4.69) is 10.6 Å². The van der Waals surface area contributed by atoms with Crippen LogP contribution in [0.4, 0.5) is 16.2 Å². The van der Waals surface area contributed by atoms with Crippen LogP contribution in [-0.4, -0.2) is 73.6 Å². The van der Waals surface area contributed by atoms with Gasteiger partial charge in [-0.1, -0.05) is 42.8 Å². The third-order valence-electron chi connectivity index (χ3n) is 6.93. The van der Waals surface area contributed by atoms with Crippen molar-refractivity contribution in [2.45, 2.75) is 30.9 Å². The number of rotatable bonds is 8. The van der Waals surface area contributed by atoms with Gasteiger partial charge in [-0.25, -0.2) is 13.2 Å². The first-order chi connectivity index (χ1) is 19.5. The lowest BCUT2D eigenvalue weighted by molar-refractivity contribution is 0.0389. The molecule has 0 spiro atoms. The van der Waals surface area contributed by atoms with E-state index in [4.69, 9.17) is 16.3 Å². The Bertz CT molecular complexity index is 1490. The van der Waals surface area contributed by atoms with E-state index in [-0.39, 0.29) is 53.4 Å². The highest BCUT2D eigenvalue weighted by Crippen LogP contribution is 2.35. The number of nitrogens with one attached hydrogen (secondary N) is 2. The molecule has 1 heterocycles. The van der Waals surface area contributed by atoms with Crippen molar-refractivity contribution in [2.24, 2.45) is 5.92 Å². The van der Waals surface area contributed by atoms with Gasteiger partial charge in [0.05, 0.1) is 35.3 Å². The van der Waals surface area contributed by atoms with Crippen LogP contribution in [0.25, 0.3) is 0 Å². The van der Waals surface area contributed by atoms with Gasteiger partial charge in [-0.3, -0.25) is 4.79 Å². The van der Waals surface area contributed by atoms with Gasteiger partial charge in [0.1, 0.15) is 6.10 Å². The maximum atomic E-state index is 13.7. The Morgan fingerprint density at radius 2 is 1.78 bits per heavy atom. The fraction of sp³-hybridized carbons (Fsp3) is 0.310. The number of aliphatic hydroxyl groups is 1. The zero-order valence-electron chi connectivity index (χ0n) is 23.0. The van der Waals surface area contributed by atoms with E-state index in [1.807, 2.05) is 13.0 Å². The van der Waals surface area contributed by atoms with Crippen LogP contribution in [0.1, 0.15) is 24.2 Å². The van der Waals surface area contributed by atoms with E-state index in [0.29, 0.717) is 10.7 Å². The molecule has 0 aliphatic carbocycles. The number of aliphatic hydroxyl groups excluding tert-OH is 1. The van der Waals surface area contributed by atoms with Gasteiger partial charge in [0, 0.05) is 30.2 Å². The first-order valence-electron chi connectivity index (χ1n) is 13.1. The predicted octanol–water partition coefficient (Wildman–Crippen LogP) is 4.52. The molecule has 0 unspecified atom stereocenters. The Morgan fingerprint density at radius 3 is 2.44 bits per heavy atom. The monoisotopic (exact) mass is 600 g/mol. The Balaban J connectivity index is 1.68. The van der Waals surface area contributed by atoms with E-state index >= 15 is 0 Å². The molecule has 10 nitrogen and oxygen atoms in total. The average Bonchev–Trinajstić information content (AvgIpc) is 2.95. The van der Waals surface area contributed by atoms with Crippen molar-refractivity contribution in [3.8, 4) is 5.75 Å². The summed E-state index contributed by atoms with van der Waals surface area (Å²) in [4.78, 5) is 28.1. The van der Waals surface area contributed by atoms with E-state index in [1.54, 1.807) is 54.3 Å². The van der Waals surface area contributed by atoms with Crippen molar-refractivity contribution in [3.05, 3.63) is 83.4 Å². The van der Waals surface area contributed by atoms with Crippen LogP contribution in [0.5, 0.6) is 5.75 Å². The Labute approximate surface area is 244 Å². The molecule has 3 atom stereocenters. The molecule has 218 valence electrons. The average molecular weight is 601 g/mol. The highest BCUT2D eigenvalue weighted by Gasteiger charge is 2.36. The van der Waals surface area contributed by atoms with Gasteiger partial charge in [0.2, 0.25) is 10.0 Å². The van der Waals surface area contributed by atoms with Crippen LogP contribution in [0.2, 0.25) is 5.02 Å². The van der Waals surface area contributed by atoms with Crippen molar-refractivity contribution in [1.29, 1.82) is 0 Å². The normalized spacial score (nSPS) is 18.1. The van der Waals surface area contributed by atoms with Gasteiger partial charge in [0.25, 0.3) is 5.91 Å². The zero-order valence-corrected chi connectivity index (χ0v) is 24.5. The molecule has 3 aromatic rings. The molecule has 0 aromatic heterocycles. The third kappa shape index (κ3) is 6.99. The van der Waals surface area contributed by atoms with Crippen LogP contribution in [-0.2, 0) is 10.0 Å². The number of anilines is 2. The highest BCUT2D eigenvalue weighted by molar-refractivity contribution is 7.89. The van der Waals surface area contributed by atoms with Crippen molar-refractivity contribution >= 4 is 44.9 Å². The summed E-state index contributed by atoms with van der Waals surface area (Å²) in [6.07, 6.45) is -0.720. The molecule has 1 aliphatic heterocycles. The smallest absolute Gasteiger partial charge is 0.323 e. The molecule has 1 aliphatic rings. The second-order valence-electron chi connectivity index (χ2n) is 9.99. The first kappa shape index (κ1) is 30.3. The Kier molecular flexibility index (Phi) is 9.54. The molecule has 3 aromatic carbocycles. The zero-order chi connectivity index (χ0) is 29.7. The largest absolute Gasteiger partial charge is 0.486 e. The van der Waals surface area contributed by atoms with Crippen LogP contribution in [0, 0.1) is 5.92 Å². The number of para-hydroxylation sites is 2. The summed E-state index contributed by atoms with van der Waals surface area (Å²) < 4.78 is 34.3. The Hall–Kier alpha value is -3.64. The topological polar surface area (TPSA) is 128 Å². The van der Waals surface area contributed by atoms with E-state index < -0.39 is 28.2 Å². The lowest BCUT2D eigenvalue weighted by Gasteiger charge is -2.38. The molecule has 0 fully saturated rings. The molecule has 0 bridgehead atoms. The number of carbonyl (C=O) groups excluding carboxylic acids is 2. The van der Waals surface area contributed by atoms with E-state index in [1.165, 1.54) is 35.6 Å². The minimum atomic E-state index is -3.89. The predicted molar refractivity (Wildman–Crippen MR) is 158 cm³/mol. The summed E-state index contributed by atoms with van der Waals surface area (Å²) in [6.45, 7) is 3.48. The lowest BCUT2D eigenvalue weighted by atomic mass is 9.99. The molecule has 0 saturated carbocycles. The lowest BCUT2D eigenvalue weighted by Crippen LogP contribution is -2.50. The summed E-state index contributed by atoms with van der Waals surface area (Å²) >= 11 is 5.94. The summed E-state index contributed by atoms with van der Waals surface area (Å²) in [7, 11) is -2.44. The number of fused-ring (bicyclic) bond motifs is 1. The van der Waals surface area contributed by atoms with Gasteiger partial charge in [-0.15, -0.1) is 0 Å². The number of nitrogens with zero attached hydrogens (tertiary/aromatic N) is 2. The van der Waals surface area contributed by atoms with E-state index in [9.17, 15) is 23.1 Å². The SMILES string of the molecule is C[C@H]1CN([C@@H](C)CO)C(=O)c2cccc(NC(=O)Nc3ccccc3)c2O[C@@H]1CN(C)S(=O)(=O)c1ccc(Cl)cc1. The molecule has 0 radical (unpaired) electrons. The maximum absolute atomic E-state index is 13.7. The van der Waals surface area contributed by atoms with Gasteiger partial charge in [-0.2, -0.15) is 4.31 Å². The van der Waals surface area contributed by atoms with Gasteiger partial charge in [-0.05, 0) is 55.5 Å². The molecular weight excluding hydrogens is 568 g/mol. The number of sulfonamides is 1. The molecule has 0 saturated heterocycles. The molecule has 4 rings (SSSR count). The number of ether oxygens (including phenoxy) is 1. The fourth-order valence-electron chi connectivity index (χ4n) is 4.50. The standard InChI is InChI=1S/C29H33ClN4O6S/c1-19-16-34(20(2)18-35)28(36)24-10-7-11-25(32-29(37)31-22-8-5-4-6-9-22)27(24)40-26(19)17-33(3)41(38,39)23-14-12-21(30)13-15-23/h4-15,19-20,26,35H,16-18H2,1-3H3,(H2,31,32,37)/t19-,20-,26+/m0/s1. The summed E-state index contributed by atoms with van der Waals surface area (Å²) in [5.41, 5.74) is 0.996. The number of likely N-dealkylation sites (N-methyl/N-ethyl adjacent to an activating group) is 1. The van der Waals surface area contributed by atoms with Gasteiger partial charge < -0.3 is 25.4 Å². The van der Waals surface area contributed by atoms with Crippen LogP contribution in [0.15, 0.2) is 77.7 Å². The quantitative estimate of drug-likeness (QED) is 0.349.